The molecular weight excluding hydrogens is 305 g/mol. The van der Waals surface area contributed by atoms with Crippen LogP contribution in [0.25, 0.3) is 0 Å². The summed E-state index contributed by atoms with van der Waals surface area (Å²) < 4.78 is 22.0. The first-order valence-electron chi connectivity index (χ1n) is 6.14. The van der Waals surface area contributed by atoms with Crippen molar-refractivity contribution in [2.45, 2.75) is 13.0 Å². The Balaban J connectivity index is 3.07. The molecule has 1 aromatic rings. The molecule has 0 aromatic carbocycles. The predicted molar refractivity (Wildman–Crippen MR) is 68.6 cm³/mol. The number of carbonyl (C=O) groups excluding carboxylic acids is 1. The van der Waals surface area contributed by atoms with Gasteiger partial charge in [0.15, 0.2) is 0 Å². The highest BCUT2D eigenvalue weighted by atomic mass is 19.1. The van der Waals surface area contributed by atoms with Crippen molar-refractivity contribution >= 4 is 17.6 Å². The van der Waals surface area contributed by atoms with Crippen molar-refractivity contribution in [1.29, 1.82) is 0 Å². The van der Waals surface area contributed by atoms with Crippen molar-refractivity contribution in [2.75, 3.05) is 27.0 Å². The minimum atomic E-state index is -1.61. The Morgan fingerprint density at radius 2 is 2.14 bits per heavy atom. The third-order valence-electron chi connectivity index (χ3n) is 2.56. The molecule has 10 nitrogen and oxygen atoms in total. The predicted octanol–water partition coefficient (Wildman–Crippen LogP) is 0.652. The van der Waals surface area contributed by atoms with E-state index in [4.69, 9.17) is 9.84 Å². The highest BCUT2D eigenvalue weighted by Crippen LogP contribution is 2.24. The molecule has 0 radical (unpaired) electrons. The Morgan fingerprint density at radius 1 is 1.45 bits per heavy atom. The minimum Gasteiger partial charge on any atom is -0.476 e. The monoisotopic (exact) mass is 319 g/mol. The van der Waals surface area contributed by atoms with Crippen molar-refractivity contribution in [3.8, 4) is 0 Å². The summed E-state index contributed by atoms with van der Waals surface area (Å²) in [4.78, 5) is 32.7. The third kappa shape index (κ3) is 3.97. The molecule has 1 rings (SSSR count). The largest absolute Gasteiger partial charge is 0.476 e. The topological polar surface area (TPSA) is 134 Å². The zero-order chi connectivity index (χ0) is 16.7. The standard InChI is InChI=1S/C11H14FN3O7/c1-21-11(18)7-8(15(19)20)9(10(16)17)14(13-7)4-6-22-5-2-3-12/h2-6H2,1H3,(H,16,17). The van der Waals surface area contributed by atoms with E-state index in [1.165, 1.54) is 0 Å². The van der Waals surface area contributed by atoms with Crippen molar-refractivity contribution in [2.24, 2.45) is 0 Å². The number of ether oxygens (including phenoxy) is 2. The van der Waals surface area contributed by atoms with Crippen LogP contribution in [0, 0.1) is 10.1 Å². The minimum absolute atomic E-state index is 0.0419. The summed E-state index contributed by atoms with van der Waals surface area (Å²) in [5.74, 6) is -2.73. The van der Waals surface area contributed by atoms with Gasteiger partial charge in [0.05, 0.1) is 31.9 Å². The molecular formula is C11H14FN3O7. The first-order chi connectivity index (χ1) is 10.4. The van der Waals surface area contributed by atoms with Gasteiger partial charge in [-0.15, -0.1) is 0 Å². The number of aromatic nitrogens is 2. The summed E-state index contributed by atoms with van der Waals surface area (Å²) >= 11 is 0. The molecule has 1 aromatic heterocycles. The SMILES string of the molecule is COC(=O)c1nn(CCOCCCF)c(C(=O)O)c1[N+](=O)[O-]. The molecule has 0 amide bonds. The number of halogens is 1. The molecule has 122 valence electrons. The maximum Gasteiger partial charge on any atom is 0.365 e. The summed E-state index contributed by atoms with van der Waals surface area (Å²) in [6.07, 6.45) is 0.179. The molecule has 0 unspecified atom stereocenters. The molecule has 0 saturated carbocycles. The van der Waals surface area contributed by atoms with Crippen LogP contribution < -0.4 is 0 Å². The van der Waals surface area contributed by atoms with E-state index < -0.39 is 40.6 Å². The summed E-state index contributed by atoms with van der Waals surface area (Å²) in [6.45, 7) is -0.627. The number of hydrogen-bond acceptors (Lipinski definition) is 7. The second-order valence-corrected chi connectivity index (χ2v) is 3.98. The van der Waals surface area contributed by atoms with E-state index in [0.29, 0.717) is 0 Å². The lowest BCUT2D eigenvalue weighted by atomic mass is 10.3. The van der Waals surface area contributed by atoms with Crippen LogP contribution in [-0.2, 0) is 16.0 Å². The van der Waals surface area contributed by atoms with Gasteiger partial charge in [-0.05, 0) is 6.42 Å². The molecule has 0 atom stereocenters. The lowest BCUT2D eigenvalue weighted by Gasteiger charge is -2.04. The summed E-state index contributed by atoms with van der Waals surface area (Å²) in [6, 6.07) is 0. The zero-order valence-electron chi connectivity index (χ0n) is 11.7. The van der Waals surface area contributed by atoms with Gasteiger partial charge in [0.25, 0.3) is 0 Å². The first kappa shape index (κ1) is 17.5. The van der Waals surface area contributed by atoms with Crippen LogP contribution in [0.1, 0.15) is 27.4 Å². The van der Waals surface area contributed by atoms with E-state index in [0.717, 1.165) is 11.8 Å². The van der Waals surface area contributed by atoms with Crippen LogP contribution in [0.3, 0.4) is 0 Å². The Bertz CT molecular complexity index is 572. The summed E-state index contributed by atoms with van der Waals surface area (Å²) in [5, 5.41) is 23.7. The van der Waals surface area contributed by atoms with Gasteiger partial charge >= 0.3 is 17.6 Å². The van der Waals surface area contributed by atoms with Crippen LogP contribution in [0.2, 0.25) is 0 Å². The molecule has 1 N–H and O–H groups in total. The lowest BCUT2D eigenvalue weighted by molar-refractivity contribution is -0.385. The summed E-state index contributed by atoms with van der Waals surface area (Å²) in [7, 11) is 0.992. The number of carboxylic acid groups (broad SMARTS) is 1. The number of carboxylic acids is 1. The average Bonchev–Trinajstić information content (AvgIpc) is 2.86. The number of hydrogen-bond donors (Lipinski definition) is 1. The van der Waals surface area contributed by atoms with E-state index in [1.54, 1.807) is 0 Å². The van der Waals surface area contributed by atoms with Gasteiger partial charge in [-0.2, -0.15) is 5.10 Å². The fourth-order valence-corrected chi connectivity index (χ4v) is 1.64. The molecule has 1 heterocycles. The van der Waals surface area contributed by atoms with Gasteiger partial charge in [0.1, 0.15) is 0 Å². The quantitative estimate of drug-likeness (QED) is 0.303. The Morgan fingerprint density at radius 3 is 2.64 bits per heavy atom. The molecule has 0 spiro atoms. The third-order valence-corrected chi connectivity index (χ3v) is 2.56. The second kappa shape index (κ2) is 8.02. The highest BCUT2D eigenvalue weighted by Gasteiger charge is 2.36. The van der Waals surface area contributed by atoms with Crippen molar-refractivity contribution < 1.29 is 33.5 Å². The zero-order valence-corrected chi connectivity index (χ0v) is 11.7. The van der Waals surface area contributed by atoms with Crippen LogP contribution in [-0.4, -0.2) is 58.7 Å². The Hall–Kier alpha value is -2.56. The van der Waals surface area contributed by atoms with E-state index in [9.17, 15) is 24.1 Å². The Kier molecular flexibility index (Phi) is 6.38. The molecule has 22 heavy (non-hydrogen) atoms. The number of nitrogens with zero attached hydrogens (tertiary/aromatic N) is 3. The molecule has 0 bridgehead atoms. The number of carbonyl (C=O) groups is 2. The lowest BCUT2D eigenvalue weighted by Crippen LogP contribution is -2.15. The molecule has 0 aliphatic heterocycles. The van der Waals surface area contributed by atoms with Crippen LogP contribution in [0.5, 0.6) is 0 Å². The van der Waals surface area contributed by atoms with Crippen molar-refractivity contribution in [1.82, 2.24) is 9.78 Å². The molecule has 0 aliphatic rings. The number of esters is 1. The normalized spacial score (nSPS) is 10.5. The van der Waals surface area contributed by atoms with Crippen molar-refractivity contribution in [3.63, 3.8) is 0 Å². The van der Waals surface area contributed by atoms with Gasteiger partial charge in [0.2, 0.25) is 11.4 Å². The molecule has 11 heteroatoms. The van der Waals surface area contributed by atoms with Gasteiger partial charge in [-0.25, -0.2) is 14.3 Å². The van der Waals surface area contributed by atoms with E-state index >= 15 is 0 Å². The smallest absolute Gasteiger partial charge is 0.365 e. The van der Waals surface area contributed by atoms with Gasteiger partial charge in [-0.3, -0.25) is 14.5 Å². The summed E-state index contributed by atoms with van der Waals surface area (Å²) in [5.41, 5.74) is -2.39. The number of nitro groups is 1. The van der Waals surface area contributed by atoms with Gasteiger partial charge in [-0.1, -0.05) is 0 Å². The van der Waals surface area contributed by atoms with E-state index in [1.807, 2.05) is 0 Å². The molecule has 0 saturated heterocycles. The molecule has 0 aliphatic carbocycles. The van der Waals surface area contributed by atoms with Gasteiger partial charge in [0, 0.05) is 6.61 Å². The van der Waals surface area contributed by atoms with Gasteiger partial charge < -0.3 is 14.6 Å². The maximum atomic E-state index is 11.9. The van der Waals surface area contributed by atoms with Crippen LogP contribution >= 0.6 is 0 Å². The number of aromatic carboxylic acids is 1. The van der Waals surface area contributed by atoms with Crippen LogP contribution in [0.15, 0.2) is 0 Å². The van der Waals surface area contributed by atoms with Crippen molar-refractivity contribution in [3.05, 3.63) is 21.5 Å². The maximum absolute atomic E-state index is 11.9. The Labute approximate surface area is 123 Å². The fourth-order valence-electron chi connectivity index (χ4n) is 1.64. The van der Waals surface area contributed by atoms with E-state index in [-0.39, 0.29) is 26.2 Å². The fraction of sp³-hybridized carbons (Fsp3) is 0.545. The highest BCUT2D eigenvalue weighted by molar-refractivity contribution is 5.99. The number of alkyl halides is 1. The van der Waals surface area contributed by atoms with E-state index in [2.05, 4.69) is 9.84 Å². The number of methoxy groups -OCH3 is 1. The van der Waals surface area contributed by atoms with Crippen LogP contribution in [0.4, 0.5) is 10.1 Å². The first-order valence-corrected chi connectivity index (χ1v) is 6.14. The average molecular weight is 319 g/mol. The second-order valence-electron chi connectivity index (χ2n) is 3.98. The molecule has 0 fully saturated rings. The number of rotatable bonds is 9.